The minimum absolute atomic E-state index is 0.294. The van der Waals surface area contributed by atoms with Crippen molar-refractivity contribution in [2.75, 3.05) is 6.54 Å². The largest absolute Gasteiger partial charge is 0.329 e. The molecule has 1 aliphatic carbocycles. The van der Waals surface area contributed by atoms with Gasteiger partial charge in [0.15, 0.2) is 0 Å². The first-order valence-electron chi connectivity index (χ1n) is 6.19. The summed E-state index contributed by atoms with van der Waals surface area (Å²) in [6.07, 6.45) is 2.53. The number of thioether (sulfide) groups is 1. The maximum Gasteiger partial charge on any atom is 0.0334 e. The Kier molecular flexibility index (Phi) is 4.22. The van der Waals surface area contributed by atoms with Crippen molar-refractivity contribution in [1.82, 2.24) is 0 Å². The van der Waals surface area contributed by atoms with Gasteiger partial charge in [0.2, 0.25) is 0 Å². The zero-order valence-electron chi connectivity index (χ0n) is 10.4. The molecule has 0 heterocycles. The van der Waals surface area contributed by atoms with E-state index in [1.54, 1.807) is 0 Å². The summed E-state index contributed by atoms with van der Waals surface area (Å²) in [5.41, 5.74) is 5.98. The van der Waals surface area contributed by atoms with E-state index in [9.17, 15) is 0 Å². The van der Waals surface area contributed by atoms with Crippen LogP contribution in [0.2, 0.25) is 0 Å². The van der Waals surface area contributed by atoms with Crippen molar-refractivity contribution < 1.29 is 0 Å². The molecule has 1 aliphatic rings. The number of rotatable bonds is 4. The molecule has 1 fully saturated rings. The SMILES string of the molecule is CC(C)C1CC(CN)(Sc2ccc(Br)cc2)C1. The first-order valence-corrected chi connectivity index (χ1v) is 7.80. The summed E-state index contributed by atoms with van der Waals surface area (Å²) in [7, 11) is 0. The average Bonchev–Trinajstić information content (AvgIpc) is 2.25. The maximum atomic E-state index is 5.98. The van der Waals surface area contributed by atoms with Crippen molar-refractivity contribution in [3.63, 3.8) is 0 Å². The van der Waals surface area contributed by atoms with Crippen LogP contribution in [0.1, 0.15) is 26.7 Å². The molecule has 0 atom stereocenters. The first-order chi connectivity index (χ1) is 8.04. The molecule has 94 valence electrons. The van der Waals surface area contributed by atoms with E-state index in [-0.39, 0.29) is 0 Å². The van der Waals surface area contributed by atoms with Crippen LogP contribution in [0.15, 0.2) is 33.6 Å². The van der Waals surface area contributed by atoms with Crippen molar-refractivity contribution in [2.24, 2.45) is 17.6 Å². The zero-order valence-corrected chi connectivity index (χ0v) is 12.9. The Labute approximate surface area is 117 Å². The summed E-state index contributed by atoms with van der Waals surface area (Å²) in [6.45, 7) is 5.42. The molecule has 0 spiro atoms. The van der Waals surface area contributed by atoms with Crippen LogP contribution in [-0.4, -0.2) is 11.3 Å². The molecular formula is C14H20BrNS. The van der Waals surface area contributed by atoms with Crippen LogP contribution in [-0.2, 0) is 0 Å². The molecular weight excluding hydrogens is 294 g/mol. The standard InChI is InChI=1S/C14H20BrNS/c1-10(2)11-7-14(8-11,9-16)17-13-5-3-12(15)4-6-13/h3-6,10-11H,7-9,16H2,1-2H3. The third kappa shape index (κ3) is 3.07. The van der Waals surface area contributed by atoms with Crippen molar-refractivity contribution in [3.8, 4) is 0 Å². The van der Waals surface area contributed by atoms with Gasteiger partial charge in [-0.2, -0.15) is 0 Å². The third-order valence-electron chi connectivity index (χ3n) is 3.73. The van der Waals surface area contributed by atoms with Gasteiger partial charge in [0.05, 0.1) is 0 Å². The topological polar surface area (TPSA) is 26.0 Å². The smallest absolute Gasteiger partial charge is 0.0334 e. The second-order valence-corrected chi connectivity index (χ2v) is 7.81. The molecule has 0 radical (unpaired) electrons. The van der Waals surface area contributed by atoms with Gasteiger partial charge in [-0.05, 0) is 48.9 Å². The molecule has 0 unspecified atom stereocenters. The second-order valence-electron chi connectivity index (χ2n) is 5.36. The van der Waals surface area contributed by atoms with Gasteiger partial charge >= 0.3 is 0 Å². The van der Waals surface area contributed by atoms with Crippen molar-refractivity contribution in [1.29, 1.82) is 0 Å². The van der Waals surface area contributed by atoms with E-state index in [0.717, 1.165) is 22.9 Å². The van der Waals surface area contributed by atoms with Crippen LogP contribution in [0.4, 0.5) is 0 Å². The second kappa shape index (κ2) is 5.33. The van der Waals surface area contributed by atoms with Gasteiger partial charge in [-0.1, -0.05) is 29.8 Å². The summed E-state index contributed by atoms with van der Waals surface area (Å²) in [5.74, 6) is 1.65. The fourth-order valence-electron chi connectivity index (χ4n) is 2.41. The van der Waals surface area contributed by atoms with E-state index in [0.29, 0.717) is 4.75 Å². The summed E-state index contributed by atoms with van der Waals surface area (Å²) >= 11 is 5.43. The Bertz CT molecular complexity index is 368. The van der Waals surface area contributed by atoms with Gasteiger partial charge in [-0.3, -0.25) is 0 Å². The highest BCUT2D eigenvalue weighted by atomic mass is 79.9. The summed E-state index contributed by atoms with van der Waals surface area (Å²) in [6, 6.07) is 8.56. The van der Waals surface area contributed by atoms with Crippen LogP contribution in [0, 0.1) is 11.8 Å². The summed E-state index contributed by atoms with van der Waals surface area (Å²) in [5, 5.41) is 0. The Hall–Kier alpha value is 0.01000. The Morgan fingerprint density at radius 2 is 1.94 bits per heavy atom. The van der Waals surface area contributed by atoms with Gasteiger partial charge < -0.3 is 5.73 Å². The van der Waals surface area contributed by atoms with Crippen LogP contribution < -0.4 is 5.73 Å². The first kappa shape index (κ1) is 13.4. The van der Waals surface area contributed by atoms with E-state index in [1.165, 1.54) is 17.7 Å². The molecule has 1 aromatic carbocycles. The predicted molar refractivity (Wildman–Crippen MR) is 79.3 cm³/mol. The summed E-state index contributed by atoms with van der Waals surface area (Å²) in [4.78, 5) is 1.33. The fourth-order valence-corrected chi connectivity index (χ4v) is 4.13. The highest BCUT2D eigenvalue weighted by molar-refractivity contribution is 9.10. The lowest BCUT2D eigenvalue weighted by molar-refractivity contribution is 0.176. The van der Waals surface area contributed by atoms with Crippen LogP contribution in [0.3, 0.4) is 0 Å². The van der Waals surface area contributed by atoms with Crippen LogP contribution in [0.25, 0.3) is 0 Å². The Morgan fingerprint density at radius 1 is 1.35 bits per heavy atom. The van der Waals surface area contributed by atoms with Gasteiger partial charge in [0, 0.05) is 20.7 Å². The van der Waals surface area contributed by atoms with E-state index in [2.05, 4.69) is 54.0 Å². The number of benzene rings is 1. The lowest BCUT2D eigenvalue weighted by atomic mass is 9.69. The number of halogens is 1. The molecule has 2 rings (SSSR count). The van der Waals surface area contributed by atoms with Gasteiger partial charge in [0.25, 0.3) is 0 Å². The number of hydrogen-bond donors (Lipinski definition) is 1. The predicted octanol–water partition coefficient (Wildman–Crippen LogP) is 4.30. The van der Waals surface area contributed by atoms with Gasteiger partial charge in [0.1, 0.15) is 0 Å². The molecule has 0 saturated heterocycles. The van der Waals surface area contributed by atoms with Crippen molar-refractivity contribution in [2.45, 2.75) is 36.3 Å². The van der Waals surface area contributed by atoms with E-state index >= 15 is 0 Å². The molecule has 17 heavy (non-hydrogen) atoms. The van der Waals surface area contributed by atoms with E-state index in [4.69, 9.17) is 5.73 Å². The molecule has 0 amide bonds. The molecule has 2 N–H and O–H groups in total. The molecule has 0 bridgehead atoms. The average molecular weight is 314 g/mol. The quantitative estimate of drug-likeness (QED) is 0.896. The minimum atomic E-state index is 0.294. The highest BCUT2D eigenvalue weighted by Gasteiger charge is 2.44. The molecule has 0 aliphatic heterocycles. The lowest BCUT2D eigenvalue weighted by Crippen LogP contribution is -2.48. The van der Waals surface area contributed by atoms with Crippen molar-refractivity contribution in [3.05, 3.63) is 28.7 Å². The minimum Gasteiger partial charge on any atom is -0.329 e. The van der Waals surface area contributed by atoms with E-state index < -0.39 is 0 Å². The zero-order chi connectivity index (χ0) is 12.5. The Balaban J connectivity index is 2.00. The highest BCUT2D eigenvalue weighted by Crippen LogP contribution is 2.52. The van der Waals surface area contributed by atoms with Gasteiger partial charge in [-0.25, -0.2) is 0 Å². The number of hydrogen-bond acceptors (Lipinski definition) is 2. The molecule has 1 saturated carbocycles. The molecule has 1 aromatic rings. The normalized spacial score (nSPS) is 28.2. The number of nitrogens with two attached hydrogens (primary N) is 1. The Morgan fingerprint density at radius 3 is 2.41 bits per heavy atom. The van der Waals surface area contributed by atoms with Crippen LogP contribution in [0.5, 0.6) is 0 Å². The molecule has 1 nitrogen and oxygen atoms in total. The molecule has 3 heteroatoms. The van der Waals surface area contributed by atoms with E-state index in [1.807, 2.05) is 11.8 Å². The maximum absolute atomic E-state index is 5.98. The molecule has 0 aromatic heterocycles. The summed E-state index contributed by atoms with van der Waals surface area (Å²) < 4.78 is 1.43. The van der Waals surface area contributed by atoms with Gasteiger partial charge in [-0.15, -0.1) is 11.8 Å². The monoisotopic (exact) mass is 313 g/mol. The third-order valence-corrected chi connectivity index (χ3v) is 5.70. The fraction of sp³-hybridized carbons (Fsp3) is 0.571. The lowest BCUT2D eigenvalue weighted by Gasteiger charge is -2.48. The van der Waals surface area contributed by atoms with Crippen LogP contribution >= 0.6 is 27.7 Å². The van der Waals surface area contributed by atoms with Crippen molar-refractivity contribution >= 4 is 27.7 Å².